The van der Waals surface area contributed by atoms with Crippen LogP contribution in [0.4, 0.5) is 5.82 Å². The molecule has 0 bridgehead atoms. The molecule has 0 aliphatic heterocycles. The van der Waals surface area contributed by atoms with E-state index in [1.54, 1.807) is 0 Å². The average molecular weight is 215 g/mol. The maximum absolute atomic E-state index is 4.35. The summed E-state index contributed by atoms with van der Waals surface area (Å²) in [6.45, 7) is 1.98. The first kappa shape index (κ1) is 8.53. The Labute approximate surface area is 75.4 Å². The van der Waals surface area contributed by atoms with E-state index in [0.717, 1.165) is 16.0 Å². The quantitative estimate of drug-likeness (QED) is 0.713. The Balaban J connectivity index is 3.05. The summed E-state index contributed by atoms with van der Waals surface area (Å²) in [4.78, 5) is 6.34. The van der Waals surface area contributed by atoms with Gasteiger partial charge in [-0.1, -0.05) is 0 Å². The molecule has 0 atom stereocenters. The van der Waals surface area contributed by atoms with E-state index in [2.05, 4.69) is 20.9 Å². The van der Waals surface area contributed by atoms with Crippen LogP contribution in [0, 0.1) is 6.92 Å². The lowest BCUT2D eigenvalue weighted by Crippen LogP contribution is -2.10. The van der Waals surface area contributed by atoms with Crippen LogP contribution in [0.25, 0.3) is 0 Å². The third-order valence-corrected chi connectivity index (χ3v) is 2.30. The van der Waals surface area contributed by atoms with Crippen LogP contribution in [-0.4, -0.2) is 19.1 Å². The Kier molecular flexibility index (Phi) is 2.49. The van der Waals surface area contributed by atoms with E-state index in [-0.39, 0.29) is 0 Å². The zero-order valence-electron chi connectivity index (χ0n) is 6.93. The molecule has 11 heavy (non-hydrogen) atoms. The Morgan fingerprint density at radius 2 is 2.00 bits per heavy atom. The highest BCUT2D eigenvalue weighted by molar-refractivity contribution is 9.10. The lowest BCUT2D eigenvalue weighted by atomic mass is 10.3. The molecule has 0 N–H and O–H groups in total. The number of hydrogen-bond acceptors (Lipinski definition) is 2. The molecular formula is C8H11BrN2. The first-order chi connectivity index (χ1) is 5.11. The Bertz CT molecular complexity index is 258. The number of nitrogens with zero attached hydrogens (tertiary/aromatic N) is 2. The molecule has 0 amide bonds. The minimum absolute atomic E-state index is 0.991. The van der Waals surface area contributed by atoms with E-state index >= 15 is 0 Å². The third kappa shape index (κ3) is 1.93. The molecule has 0 saturated heterocycles. The number of rotatable bonds is 1. The molecule has 0 aromatic carbocycles. The highest BCUT2D eigenvalue weighted by atomic mass is 79.9. The van der Waals surface area contributed by atoms with Gasteiger partial charge in [0.1, 0.15) is 5.82 Å². The van der Waals surface area contributed by atoms with Crippen LogP contribution in [0.3, 0.4) is 0 Å². The van der Waals surface area contributed by atoms with Crippen molar-refractivity contribution in [1.29, 1.82) is 0 Å². The van der Waals surface area contributed by atoms with Crippen molar-refractivity contribution in [3.05, 3.63) is 22.3 Å². The van der Waals surface area contributed by atoms with Crippen molar-refractivity contribution in [3.63, 3.8) is 0 Å². The second-order valence-electron chi connectivity index (χ2n) is 2.63. The average Bonchev–Trinajstić information content (AvgIpc) is 1.94. The third-order valence-electron chi connectivity index (χ3n) is 1.46. The molecule has 1 heterocycles. The fraction of sp³-hybridized carbons (Fsp3) is 0.375. The molecule has 0 unspecified atom stereocenters. The molecule has 60 valence electrons. The molecule has 2 nitrogen and oxygen atoms in total. The van der Waals surface area contributed by atoms with Crippen LogP contribution >= 0.6 is 15.9 Å². The van der Waals surface area contributed by atoms with E-state index in [1.165, 1.54) is 0 Å². The van der Waals surface area contributed by atoms with Gasteiger partial charge >= 0.3 is 0 Å². The highest BCUT2D eigenvalue weighted by Crippen LogP contribution is 2.17. The maximum atomic E-state index is 4.35. The second kappa shape index (κ2) is 3.22. The van der Waals surface area contributed by atoms with Crippen LogP contribution in [0.5, 0.6) is 0 Å². The van der Waals surface area contributed by atoms with Crippen LogP contribution in [-0.2, 0) is 0 Å². The standard InChI is InChI=1S/C8H11BrN2/c1-6-7(9)4-5-8(10-6)11(2)3/h4-5H,1-3H3. The molecule has 0 aliphatic carbocycles. The fourth-order valence-corrected chi connectivity index (χ4v) is 1.00. The summed E-state index contributed by atoms with van der Waals surface area (Å²) >= 11 is 3.40. The zero-order valence-corrected chi connectivity index (χ0v) is 8.51. The van der Waals surface area contributed by atoms with E-state index in [0.29, 0.717) is 0 Å². The summed E-state index contributed by atoms with van der Waals surface area (Å²) < 4.78 is 1.06. The molecular weight excluding hydrogens is 204 g/mol. The van der Waals surface area contributed by atoms with Crippen molar-refractivity contribution < 1.29 is 0 Å². The fourth-order valence-electron chi connectivity index (χ4n) is 0.780. The minimum atomic E-state index is 0.991. The molecule has 0 fully saturated rings. The molecule has 0 saturated carbocycles. The van der Waals surface area contributed by atoms with Crippen LogP contribution in [0.1, 0.15) is 5.69 Å². The van der Waals surface area contributed by atoms with Gasteiger partial charge in [-0.25, -0.2) is 4.98 Å². The predicted molar refractivity (Wildman–Crippen MR) is 51.0 cm³/mol. The molecule has 0 radical (unpaired) electrons. The Morgan fingerprint density at radius 1 is 1.36 bits per heavy atom. The Hall–Kier alpha value is -0.570. The number of anilines is 1. The second-order valence-corrected chi connectivity index (χ2v) is 3.49. The van der Waals surface area contributed by atoms with Gasteiger partial charge in [-0.3, -0.25) is 0 Å². The van der Waals surface area contributed by atoms with E-state index < -0.39 is 0 Å². The summed E-state index contributed by atoms with van der Waals surface area (Å²) in [5.74, 6) is 0.991. The normalized spacial score (nSPS) is 9.82. The van der Waals surface area contributed by atoms with E-state index in [1.807, 2.05) is 38.1 Å². The van der Waals surface area contributed by atoms with E-state index in [4.69, 9.17) is 0 Å². The van der Waals surface area contributed by atoms with Gasteiger partial charge in [-0.15, -0.1) is 0 Å². The van der Waals surface area contributed by atoms with Gasteiger partial charge in [0.25, 0.3) is 0 Å². The van der Waals surface area contributed by atoms with Gasteiger partial charge < -0.3 is 4.90 Å². The summed E-state index contributed by atoms with van der Waals surface area (Å²) in [5.41, 5.74) is 1.02. The molecule has 3 heteroatoms. The summed E-state index contributed by atoms with van der Waals surface area (Å²) in [6.07, 6.45) is 0. The van der Waals surface area contributed by atoms with Gasteiger partial charge in [0.15, 0.2) is 0 Å². The number of pyridine rings is 1. The van der Waals surface area contributed by atoms with Crippen molar-refractivity contribution in [1.82, 2.24) is 4.98 Å². The number of aryl methyl sites for hydroxylation is 1. The lowest BCUT2D eigenvalue weighted by molar-refractivity contribution is 1.04. The molecule has 0 spiro atoms. The minimum Gasteiger partial charge on any atom is -0.363 e. The Morgan fingerprint density at radius 3 is 2.45 bits per heavy atom. The van der Waals surface area contributed by atoms with Gasteiger partial charge in [-0.05, 0) is 35.0 Å². The number of halogens is 1. The van der Waals surface area contributed by atoms with Gasteiger partial charge in [-0.2, -0.15) is 0 Å². The van der Waals surface area contributed by atoms with Crippen LogP contribution in [0.2, 0.25) is 0 Å². The highest BCUT2D eigenvalue weighted by Gasteiger charge is 1.99. The topological polar surface area (TPSA) is 16.1 Å². The van der Waals surface area contributed by atoms with Crippen LogP contribution in [0.15, 0.2) is 16.6 Å². The number of aromatic nitrogens is 1. The van der Waals surface area contributed by atoms with Crippen molar-refractivity contribution in [2.75, 3.05) is 19.0 Å². The van der Waals surface area contributed by atoms with Crippen LogP contribution < -0.4 is 4.90 Å². The molecule has 1 aromatic heterocycles. The molecule has 1 aromatic rings. The van der Waals surface area contributed by atoms with Crippen molar-refractivity contribution >= 4 is 21.7 Å². The first-order valence-electron chi connectivity index (χ1n) is 3.41. The smallest absolute Gasteiger partial charge is 0.128 e. The first-order valence-corrected chi connectivity index (χ1v) is 4.21. The van der Waals surface area contributed by atoms with Gasteiger partial charge in [0, 0.05) is 18.6 Å². The largest absolute Gasteiger partial charge is 0.363 e. The van der Waals surface area contributed by atoms with Gasteiger partial charge in [0.05, 0.1) is 5.69 Å². The monoisotopic (exact) mass is 214 g/mol. The van der Waals surface area contributed by atoms with E-state index in [9.17, 15) is 0 Å². The maximum Gasteiger partial charge on any atom is 0.128 e. The van der Waals surface area contributed by atoms with Crippen molar-refractivity contribution in [3.8, 4) is 0 Å². The zero-order chi connectivity index (χ0) is 8.43. The SMILES string of the molecule is Cc1nc(N(C)C)ccc1Br. The summed E-state index contributed by atoms with van der Waals surface area (Å²) in [7, 11) is 3.96. The summed E-state index contributed by atoms with van der Waals surface area (Å²) in [5, 5.41) is 0. The lowest BCUT2D eigenvalue weighted by Gasteiger charge is -2.11. The van der Waals surface area contributed by atoms with Crippen molar-refractivity contribution in [2.45, 2.75) is 6.92 Å². The number of hydrogen-bond donors (Lipinski definition) is 0. The molecule has 0 aliphatic rings. The van der Waals surface area contributed by atoms with Gasteiger partial charge in [0.2, 0.25) is 0 Å². The molecule has 1 rings (SSSR count). The summed E-state index contributed by atoms with van der Waals surface area (Å²) in [6, 6.07) is 3.99. The predicted octanol–water partition coefficient (Wildman–Crippen LogP) is 2.22. The van der Waals surface area contributed by atoms with Crippen molar-refractivity contribution in [2.24, 2.45) is 0 Å².